The lowest BCUT2D eigenvalue weighted by Crippen LogP contribution is -2.53. The SMILES string of the molecule is CNC(CN1CCS(=O)(=O)CC1C)C(=O)O. The van der Waals surface area contributed by atoms with E-state index in [1.165, 1.54) is 0 Å². The van der Waals surface area contributed by atoms with Crippen molar-refractivity contribution in [1.29, 1.82) is 0 Å². The molecule has 0 aromatic heterocycles. The molecule has 1 fully saturated rings. The maximum absolute atomic E-state index is 11.3. The predicted molar refractivity (Wildman–Crippen MR) is 60.2 cm³/mol. The standard InChI is InChI=1S/C9H18N2O4S/c1-7-6-16(14,15)4-3-11(7)5-8(10-2)9(12)13/h7-8,10H,3-6H2,1-2H3,(H,12,13). The van der Waals surface area contributed by atoms with Crippen LogP contribution < -0.4 is 5.32 Å². The third-order valence-electron chi connectivity index (χ3n) is 2.87. The van der Waals surface area contributed by atoms with Crippen LogP contribution in [-0.2, 0) is 14.6 Å². The summed E-state index contributed by atoms with van der Waals surface area (Å²) in [5, 5.41) is 11.6. The Morgan fingerprint density at radius 2 is 2.25 bits per heavy atom. The zero-order valence-corrected chi connectivity index (χ0v) is 10.3. The monoisotopic (exact) mass is 250 g/mol. The molecule has 0 saturated carbocycles. The van der Waals surface area contributed by atoms with Crippen LogP contribution in [0.5, 0.6) is 0 Å². The highest BCUT2D eigenvalue weighted by molar-refractivity contribution is 7.91. The van der Waals surface area contributed by atoms with Gasteiger partial charge in [-0.1, -0.05) is 0 Å². The molecule has 0 aliphatic carbocycles. The molecule has 0 spiro atoms. The van der Waals surface area contributed by atoms with Gasteiger partial charge in [0.25, 0.3) is 0 Å². The van der Waals surface area contributed by atoms with Crippen molar-refractivity contribution in [2.24, 2.45) is 0 Å². The summed E-state index contributed by atoms with van der Waals surface area (Å²) in [6, 6.07) is -0.766. The summed E-state index contributed by atoms with van der Waals surface area (Å²) in [5.41, 5.74) is 0. The largest absolute Gasteiger partial charge is 0.480 e. The Labute approximate surface area is 95.5 Å². The number of carboxylic acids is 1. The molecule has 0 aromatic rings. The van der Waals surface area contributed by atoms with Gasteiger partial charge in [-0.25, -0.2) is 8.42 Å². The van der Waals surface area contributed by atoms with Crippen molar-refractivity contribution >= 4 is 15.8 Å². The van der Waals surface area contributed by atoms with Gasteiger partial charge < -0.3 is 10.4 Å². The zero-order valence-electron chi connectivity index (χ0n) is 9.51. The highest BCUT2D eigenvalue weighted by Crippen LogP contribution is 2.11. The van der Waals surface area contributed by atoms with Gasteiger partial charge in [0.05, 0.1) is 11.5 Å². The lowest BCUT2D eigenvalue weighted by atomic mass is 10.2. The highest BCUT2D eigenvalue weighted by atomic mass is 32.2. The van der Waals surface area contributed by atoms with Gasteiger partial charge in [0.15, 0.2) is 9.84 Å². The molecule has 0 amide bonds. The van der Waals surface area contributed by atoms with Gasteiger partial charge in [0.2, 0.25) is 0 Å². The molecule has 0 bridgehead atoms. The normalized spacial score (nSPS) is 27.5. The number of carboxylic acid groups (broad SMARTS) is 1. The Bertz CT molecular complexity index is 355. The summed E-state index contributed by atoms with van der Waals surface area (Å²) in [5.74, 6) is -0.681. The van der Waals surface area contributed by atoms with E-state index in [-0.39, 0.29) is 17.5 Å². The van der Waals surface area contributed by atoms with Crippen LogP contribution >= 0.6 is 0 Å². The van der Waals surface area contributed by atoms with Crippen LogP contribution in [0.2, 0.25) is 0 Å². The van der Waals surface area contributed by atoms with E-state index in [4.69, 9.17) is 5.11 Å². The second-order valence-corrected chi connectivity index (χ2v) is 6.37. The molecule has 1 saturated heterocycles. The van der Waals surface area contributed by atoms with Gasteiger partial charge in [-0.05, 0) is 14.0 Å². The molecule has 0 aromatic carbocycles. The minimum atomic E-state index is -2.94. The topological polar surface area (TPSA) is 86.7 Å². The Hall–Kier alpha value is -0.660. The molecule has 16 heavy (non-hydrogen) atoms. The number of hydrogen-bond donors (Lipinski definition) is 2. The zero-order chi connectivity index (χ0) is 12.3. The van der Waals surface area contributed by atoms with Crippen LogP contribution in [0.3, 0.4) is 0 Å². The van der Waals surface area contributed by atoms with Gasteiger partial charge in [-0.3, -0.25) is 9.69 Å². The van der Waals surface area contributed by atoms with Crippen LogP contribution in [0.15, 0.2) is 0 Å². The smallest absolute Gasteiger partial charge is 0.322 e. The summed E-state index contributed by atoms with van der Waals surface area (Å²) in [7, 11) is -1.35. The molecule has 2 N–H and O–H groups in total. The molecule has 0 radical (unpaired) electrons. The van der Waals surface area contributed by atoms with Crippen LogP contribution in [0.1, 0.15) is 6.92 Å². The summed E-state index contributed by atoms with van der Waals surface area (Å²) in [4.78, 5) is 12.7. The number of hydrogen-bond acceptors (Lipinski definition) is 5. The van der Waals surface area contributed by atoms with Gasteiger partial charge in [0.1, 0.15) is 6.04 Å². The van der Waals surface area contributed by atoms with Crippen molar-refractivity contribution < 1.29 is 18.3 Å². The van der Waals surface area contributed by atoms with Crippen LogP contribution in [0.25, 0.3) is 0 Å². The minimum Gasteiger partial charge on any atom is -0.480 e. The van der Waals surface area contributed by atoms with Crippen LogP contribution in [0, 0.1) is 0 Å². The summed E-state index contributed by atoms with van der Waals surface area (Å²) in [6.07, 6.45) is 0. The van der Waals surface area contributed by atoms with E-state index in [0.29, 0.717) is 13.1 Å². The lowest BCUT2D eigenvalue weighted by molar-refractivity contribution is -0.139. The second kappa shape index (κ2) is 5.11. The quantitative estimate of drug-likeness (QED) is 0.650. The molecule has 1 heterocycles. The van der Waals surface area contributed by atoms with E-state index < -0.39 is 21.8 Å². The first-order chi connectivity index (χ1) is 7.35. The first-order valence-corrected chi connectivity index (χ1v) is 7.02. The fourth-order valence-corrected chi connectivity index (χ4v) is 3.46. The number of likely N-dealkylation sites (N-methyl/N-ethyl adjacent to an activating group) is 1. The Kier molecular flexibility index (Phi) is 4.28. The first-order valence-electron chi connectivity index (χ1n) is 5.20. The van der Waals surface area contributed by atoms with Crippen molar-refractivity contribution in [3.63, 3.8) is 0 Å². The van der Waals surface area contributed by atoms with Gasteiger partial charge in [0, 0.05) is 19.1 Å². The lowest BCUT2D eigenvalue weighted by Gasteiger charge is -2.34. The summed E-state index contributed by atoms with van der Waals surface area (Å²) in [6.45, 7) is 2.56. The molecule has 1 aliphatic rings. The number of sulfone groups is 1. The Morgan fingerprint density at radius 1 is 1.62 bits per heavy atom. The number of nitrogens with one attached hydrogen (secondary N) is 1. The summed E-state index contributed by atoms with van der Waals surface area (Å²) >= 11 is 0. The number of aliphatic carboxylic acids is 1. The highest BCUT2D eigenvalue weighted by Gasteiger charge is 2.30. The molecule has 2 unspecified atom stereocenters. The van der Waals surface area contributed by atoms with Gasteiger partial charge in [-0.15, -0.1) is 0 Å². The number of carbonyl (C=O) groups is 1. The molecule has 7 heteroatoms. The third kappa shape index (κ3) is 3.43. The summed E-state index contributed by atoms with van der Waals surface area (Å²) < 4.78 is 22.7. The maximum atomic E-state index is 11.3. The molecule has 2 atom stereocenters. The average molecular weight is 250 g/mol. The van der Waals surface area contributed by atoms with E-state index in [1.807, 2.05) is 11.8 Å². The van der Waals surface area contributed by atoms with Crippen molar-refractivity contribution in [3.05, 3.63) is 0 Å². The van der Waals surface area contributed by atoms with Crippen molar-refractivity contribution in [2.45, 2.75) is 19.0 Å². The fraction of sp³-hybridized carbons (Fsp3) is 0.889. The fourth-order valence-electron chi connectivity index (χ4n) is 1.83. The Morgan fingerprint density at radius 3 is 2.69 bits per heavy atom. The van der Waals surface area contributed by atoms with E-state index in [0.717, 1.165) is 0 Å². The van der Waals surface area contributed by atoms with E-state index in [9.17, 15) is 13.2 Å². The molecular formula is C9H18N2O4S. The van der Waals surface area contributed by atoms with E-state index in [1.54, 1.807) is 7.05 Å². The first kappa shape index (κ1) is 13.4. The second-order valence-electron chi connectivity index (χ2n) is 4.14. The Balaban J connectivity index is 2.59. The van der Waals surface area contributed by atoms with Gasteiger partial charge >= 0.3 is 5.97 Å². The molecule has 6 nitrogen and oxygen atoms in total. The third-order valence-corrected chi connectivity index (χ3v) is 4.67. The van der Waals surface area contributed by atoms with E-state index >= 15 is 0 Å². The van der Waals surface area contributed by atoms with Crippen molar-refractivity contribution in [3.8, 4) is 0 Å². The van der Waals surface area contributed by atoms with Crippen LogP contribution in [0.4, 0.5) is 0 Å². The van der Waals surface area contributed by atoms with Crippen molar-refractivity contribution in [2.75, 3.05) is 31.6 Å². The predicted octanol–water partition coefficient (Wildman–Crippen LogP) is -1.22. The molecule has 1 aliphatic heterocycles. The number of rotatable bonds is 4. The number of nitrogens with zero attached hydrogens (tertiary/aromatic N) is 1. The van der Waals surface area contributed by atoms with E-state index in [2.05, 4.69) is 5.32 Å². The molecule has 94 valence electrons. The minimum absolute atomic E-state index is 0.114. The maximum Gasteiger partial charge on any atom is 0.322 e. The van der Waals surface area contributed by atoms with Gasteiger partial charge in [-0.2, -0.15) is 0 Å². The van der Waals surface area contributed by atoms with Crippen molar-refractivity contribution in [1.82, 2.24) is 10.2 Å². The molecule has 1 rings (SSSR count). The van der Waals surface area contributed by atoms with Crippen LogP contribution in [-0.4, -0.2) is 68.1 Å². The average Bonchev–Trinajstić information content (AvgIpc) is 2.15. The molecular weight excluding hydrogens is 232 g/mol.